The first-order valence-electron chi connectivity index (χ1n) is 14.1. The number of amides is 1. The van der Waals surface area contributed by atoms with Gasteiger partial charge in [0.1, 0.15) is 6.67 Å². The second kappa shape index (κ2) is 10.8. The normalized spacial score (nSPS) is 15.9. The summed E-state index contributed by atoms with van der Waals surface area (Å²) in [6, 6.07) is 27.9. The van der Waals surface area contributed by atoms with E-state index in [1.165, 1.54) is 16.9 Å². The Balaban J connectivity index is 1.19. The van der Waals surface area contributed by atoms with Crippen LogP contribution in [0.15, 0.2) is 78.9 Å². The molecule has 1 aromatic heterocycles. The number of rotatable bonds is 7. The van der Waals surface area contributed by atoms with Gasteiger partial charge >= 0.3 is 0 Å². The molecule has 0 saturated carbocycles. The van der Waals surface area contributed by atoms with Gasteiger partial charge in [-0.05, 0) is 57.6 Å². The van der Waals surface area contributed by atoms with Crippen molar-refractivity contribution in [2.24, 2.45) is 0 Å². The monoisotopic (exact) mass is 520 g/mol. The van der Waals surface area contributed by atoms with Crippen LogP contribution in [0, 0.1) is 13.6 Å². The number of piperidine rings is 1. The molecular weight excluding hydrogens is 482 g/mol. The zero-order chi connectivity index (χ0) is 26.9. The summed E-state index contributed by atoms with van der Waals surface area (Å²) < 4.78 is 2.29. The number of hydrogen-bond acceptors (Lipinski definition) is 4. The first-order valence-corrected chi connectivity index (χ1v) is 14.1. The molecule has 1 amide bonds. The number of carbonyl (C=O) groups excluding carboxylic acids is 1. The molecule has 0 atom stereocenters. The minimum atomic E-state index is 0.160. The lowest BCUT2D eigenvalue weighted by atomic mass is 10.0. The molecule has 4 aromatic rings. The summed E-state index contributed by atoms with van der Waals surface area (Å²) >= 11 is 0. The van der Waals surface area contributed by atoms with E-state index in [0.29, 0.717) is 6.04 Å². The molecule has 0 aliphatic carbocycles. The Morgan fingerprint density at radius 2 is 1.54 bits per heavy atom. The number of para-hydroxylation sites is 3. The molecule has 39 heavy (non-hydrogen) atoms. The number of likely N-dealkylation sites (N-methyl/N-ethyl adjacent to an activating group) is 1. The average Bonchev–Trinajstić information content (AvgIpc) is 3.47. The highest BCUT2D eigenvalue weighted by Gasteiger charge is 2.35. The van der Waals surface area contributed by atoms with Crippen molar-refractivity contribution in [3.8, 4) is 0 Å². The van der Waals surface area contributed by atoms with E-state index in [1.807, 2.05) is 12.1 Å². The van der Waals surface area contributed by atoms with Crippen LogP contribution in [0.3, 0.4) is 0 Å². The van der Waals surface area contributed by atoms with E-state index in [9.17, 15) is 4.79 Å². The molecule has 1 fully saturated rings. The lowest BCUT2D eigenvalue weighted by Gasteiger charge is -2.37. The quantitative estimate of drug-likeness (QED) is 0.317. The third-order valence-electron chi connectivity index (χ3n) is 8.29. The summed E-state index contributed by atoms with van der Waals surface area (Å²) in [4.78, 5) is 23.1. The van der Waals surface area contributed by atoms with E-state index in [0.717, 1.165) is 67.7 Å². The Labute approximate surface area is 232 Å². The molecule has 0 N–H and O–H groups in total. The van der Waals surface area contributed by atoms with Crippen LogP contribution >= 0.6 is 0 Å². The van der Waals surface area contributed by atoms with Crippen LogP contribution in [0.1, 0.15) is 34.5 Å². The van der Waals surface area contributed by atoms with Crippen LogP contribution in [0.5, 0.6) is 0 Å². The van der Waals surface area contributed by atoms with Crippen molar-refractivity contribution >= 4 is 28.2 Å². The van der Waals surface area contributed by atoms with Gasteiger partial charge < -0.3 is 24.2 Å². The first kappa shape index (κ1) is 25.5. The molecule has 6 rings (SSSR count). The van der Waals surface area contributed by atoms with E-state index in [2.05, 4.69) is 119 Å². The molecule has 6 nitrogen and oxygen atoms in total. The van der Waals surface area contributed by atoms with Crippen molar-refractivity contribution in [1.29, 1.82) is 0 Å². The van der Waals surface area contributed by atoms with Crippen molar-refractivity contribution in [3.05, 3.63) is 102 Å². The lowest BCUT2D eigenvalue weighted by Crippen LogP contribution is -2.46. The number of carbonyl (C=O) groups is 1. The zero-order valence-corrected chi connectivity index (χ0v) is 23.3. The lowest BCUT2D eigenvalue weighted by molar-refractivity contribution is 0.0714. The number of nitrogens with zero attached hydrogens (tertiary/aromatic N) is 5. The van der Waals surface area contributed by atoms with Crippen molar-refractivity contribution in [2.75, 3.05) is 50.1 Å². The highest BCUT2D eigenvalue weighted by molar-refractivity contribution is 6.08. The molecule has 2 aliphatic rings. The van der Waals surface area contributed by atoms with E-state index >= 15 is 0 Å². The molecular formula is C33H38N5O. The standard InChI is InChI=1S/C33H38N5O/c1-25-32(28-13-7-8-14-29(28)37(25)23-26-11-5-4-6-12-26)33(39)35-19-17-27(18-20-35)38-24-36(22-21-34(2)3)30-15-9-10-16-31(30)38/h4-16,24,27H,17-23H2,1-3H3. The Morgan fingerprint density at radius 1 is 0.872 bits per heavy atom. The molecule has 3 heterocycles. The van der Waals surface area contributed by atoms with Crippen LogP contribution in [-0.2, 0) is 6.54 Å². The molecule has 0 spiro atoms. The number of aromatic nitrogens is 1. The number of fused-ring (bicyclic) bond motifs is 2. The van der Waals surface area contributed by atoms with Gasteiger partial charge in [-0.2, -0.15) is 0 Å². The van der Waals surface area contributed by atoms with Crippen LogP contribution in [0.4, 0.5) is 11.4 Å². The minimum absolute atomic E-state index is 0.160. The summed E-state index contributed by atoms with van der Waals surface area (Å²) in [7, 11) is 4.24. The largest absolute Gasteiger partial charge is 0.345 e. The predicted molar refractivity (Wildman–Crippen MR) is 160 cm³/mol. The Bertz CT molecular complexity index is 1450. The fraction of sp³-hybridized carbons (Fsp3) is 0.333. The highest BCUT2D eigenvalue weighted by atomic mass is 16.2. The van der Waals surface area contributed by atoms with Crippen LogP contribution < -0.4 is 9.80 Å². The van der Waals surface area contributed by atoms with E-state index in [1.54, 1.807) is 0 Å². The topological polar surface area (TPSA) is 35.0 Å². The summed E-state index contributed by atoms with van der Waals surface area (Å²) in [6.45, 7) is 8.65. The van der Waals surface area contributed by atoms with Gasteiger partial charge in [0.25, 0.3) is 5.91 Å². The summed E-state index contributed by atoms with van der Waals surface area (Å²) in [6.07, 6.45) is 1.92. The molecule has 2 aliphatic heterocycles. The van der Waals surface area contributed by atoms with Gasteiger partial charge in [-0.15, -0.1) is 0 Å². The summed E-state index contributed by atoms with van der Waals surface area (Å²) in [5, 5.41) is 1.05. The second-order valence-electron chi connectivity index (χ2n) is 11.1. The number of anilines is 2. The number of benzene rings is 3. The van der Waals surface area contributed by atoms with E-state index in [4.69, 9.17) is 0 Å². The summed E-state index contributed by atoms with van der Waals surface area (Å²) in [5.74, 6) is 0.160. The van der Waals surface area contributed by atoms with Crippen LogP contribution in [-0.4, -0.2) is 66.6 Å². The smallest absolute Gasteiger partial charge is 0.256 e. The van der Waals surface area contributed by atoms with Gasteiger partial charge in [-0.25, -0.2) is 0 Å². The highest BCUT2D eigenvalue weighted by Crippen LogP contribution is 2.41. The molecule has 0 bridgehead atoms. The predicted octanol–water partition coefficient (Wildman–Crippen LogP) is 5.61. The maximum atomic E-state index is 14.0. The Morgan fingerprint density at radius 3 is 2.28 bits per heavy atom. The van der Waals surface area contributed by atoms with Crippen molar-refractivity contribution in [1.82, 2.24) is 14.4 Å². The SMILES string of the molecule is Cc1c(C(=O)N2CCC(N3[CH]N(CCN(C)C)c4ccccc43)CC2)c2ccccc2n1Cc1ccccc1. The first-order chi connectivity index (χ1) is 19.0. The van der Waals surface area contributed by atoms with Gasteiger partial charge in [-0.1, -0.05) is 60.7 Å². The maximum Gasteiger partial charge on any atom is 0.256 e. The number of likely N-dealkylation sites (tertiary alicyclic amines) is 1. The fourth-order valence-corrected chi connectivity index (χ4v) is 6.15. The summed E-state index contributed by atoms with van der Waals surface area (Å²) in [5.41, 5.74) is 6.82. The van der Waals surface area contributed by atoms with Gasteiger partial charge in [0, 0.05) is 55.4 Å². The van der Waals surface area contributed by atoms with Crippen molar-refractivity contribution in [2.45, 2.75) is 32.4 Å². The third-order valence-corrected chi connectivity index (χ3v) is 8.29. The van der Waals surface area contributed by atoms with E-state index < -0.39 is 0 Å². The second-order valence-corrected chi connectivity index (χ2v) is 11.1. The van der Waals surface area contributed by atoms with Crippen molar-refractivity contribution < 1.29 is 4.79 Å². The minimum Gasteiger partial charge on any atom is -0.345 e. The van der Waals surface area contributed by atoms with Crippen LogP contribution in [0.25, 0.3) is 10.9 Å². The maximum absolute atomic E-state index is 14.0. The van der Waals surface area contributed by atoms with Crippen LogP contribution in [0.2, 0.25) is 0 Å². The van der Waals surface area contributed by atoms with Crippen molar-refractivity contribution in [3.63, 3.8) is 0 Å². The zero-order valence-electron chi connectivity index (χ0n) is 23.3. The van der Waals surface area contributed by atoms with Gasteiger partial charge in [0.2, 0.25) is 0 Å². The molecule has 6 heteroatoms. The Kier molecular flexibility index (Phi) is 7.05. The average molecular weight is 521 g/mol. The van der Waals surface area contributed by atoms with Gasteiger partial charge in [0.05, 0.1) is 16.9 Å². The van der Waals surface area contributed by atoms with E-state index in [-0.39, 0.29) is 5.91 Å². The fourth-order valence-electron chi connectivity index (χ4n) is 6.15. The molecule has 0 unspecified atom stereocenters. The molecule has 3 aromatic carbocycles. The third kappa shape index (κ3) is 4.89. The molecule has 1 radical (unpaired) electrons. The van der Waals surface area contributed by atoms with Gasteiger partial charge in [0.15, 0.2) is 0 Å². The number of hydrogen-bond donors (Lipinski definition) is 0. The van der Waals surface area contributed by atoms with Gasteiger partial charge in [-0.3, -0.25) is 4.79 Å². The Hall–Kier alpha value is -3.77. The molecule has 1 saturated heterocycles. The molecule has 201 valence electrons.